The first kappa shape index (κ1) is 21.5. The zero-order chi connectivity index (χ0) is 18.8. The van der Waals surface area contributed by atoms with E-state index >= 15 is 0 Å². The number of ether oxygens (including phenoxy) is 2. The first-order valence-corrected chi connectivity index (χ1v) is 9.36. The van der Waals surface area contributed by atoms with Crippen molar-refractivity contribution in [2.75, 3.05) is 0 Å². The summed E-state index contributed by atoms with van der Waals surface area (Å²) >= 11 is 5.97. The SMILES string of the molecule is CC(C)CCCC(=O)Oc1ccc(Cl)cc1OC(=O)CCCC(C)C. The molecular formula is C20H29ClO4. The highest BCUT2D eigenvalue weighted by Crippen LogP contribution is 2.31. The fourth-order valence-electron chi connectivity index (χ4n) is 2.30. The summed E-state index contributed by atoms with van der Waals surface area (Å²) in [5.41, 5.74) is 0. The standard InChI is InChI=1S/C20H29ClO4/c1-14(2)7-5-9-19(22)24-17-12-11-16(21)13-18(17)25-20(23)10-6-8-15(3)4/h11-15H,5-10H2,1-4H3. The molecule has 0 N–H and O–H groups in total. The summed E-state index contributed by atoms with van der Waals surface area (Å²) < 4.78 is 10.7. The van der Waals surface area contributed by atoms with Crippen LogP contribution >= 0.6 is 11.6 Å². The summed E-state index contributed by atoms with van der Waals surface area (Å²) in [6, 6.07) is 4.66. The summed E-state index contributed by atoms with van der Waals surface area (Å²) in [6.07, 6.45) is 4.13. The molecule has 1 rings (SSSR count). The lowest BCUT2D eigenvalue weighted by Gasteiger charge is -2.11. The summed E-state index contributed by atoms with van der Waals surface area (Å²) in [5.74, 6) is 0.836. The van der Waals surface area contributed by atoms with Crippen molar-refractivity contribution < 1.29 is 19.1 Å². The molecule has 0 aliphatic heterocycles. The molecule has 0 aliphatic rings. The van der Waals surface area contributed by atoms with Crippen molar-refractivity contribution in [3.05, 3.63) is 23.2 Å². The molecule has 140 valence electrons. The second-order valence-corrected chi connectivity index (χ2v) is 7.55. The Morgan fingerprint density at radius 1 is 0.880 bits per heavy atom. The van der Waals surface area contributed by atoms with Crippen molar-refractivity contribution >= 4 is 23.5 Å². The lowest BCUT2D eigenvalue weighted by Crippen LogP contribution is -2.12. The monoisotopic (exact) mass is 368 g/mol. The van der Waals surface area contributed by atoms with E-state index in [1.807, 2.05) is 0 Å². The second kappa shape index (κ2) is 11.1. The Morgan fingerprint density at radius 3 is 1.84 bits per heavy atom. The van der Waals surface area contributed by atoms with Crippen molar-refractivity contribution in [3.8, 4) is 11.5 Å². The van der Waals surface area contributed by atoms with Crippen molar-refractivity contribution in [1.82, 2.24) is 0 Å². The van der Waals surface area contributed by atoms with Crippen molar-refractivity contribution in [3.63, 3.8) is 0 Å². The van der Waals surface area contributed by atoms with Crippen molar-refractivity contribution in [2.24, 2.45) is 11.8 Å². The molecule has 0 heterocycles. The summed E-state index contributed by atoms with van der Waals surface area (Å²) in [5, 5.41) is 0.421. The number of hydrogen-bond acceptors (Lipinski definition) is 4. The van der Waals surface area contributed by atoms with Gasteiger partial charge in [-0.1, -0.05) is 52.1 Å². The van der Waals surface area contributed by atoms with Crippen molar-refractivity contribution in [2.45, 2.75) is 66.2 Å². The Labute approximate surface area is 155 Å². The second-order valence-electron chi connectivity index (χ2n) is 7.11. The summed E-state index contributed by atoms with van der Waals surface area (Å²) in [7, 11) is 0. The topological polar surface area (TPSA) is 52.6 Å². The minimum absolute atomic E-state index is 0.194. The van der Waals surface area contributed by atoms with E-state index in [-0.39, 0.29) is 23.4 Å². The predicted octanol–water partition coefficient (Wildman–Crippen LogP) is 5.80. The van der Waals surface area contributed by atoms with Gasteiger partial charge in [-0.25, -0.2) is 0 Å². The van der Waals surface area contributed by atoms with E-state index in [0.717, 1.165) is 25.7 Å². The number of carbonyl (C=O) groups is 2. The molecule has 0 saturated heterocycles. The van der Waals surface area contributed by atoms with E-state index < -0.39 is 0 Å². The summed E-state index contributed by atoms with van der Waals surface area (Å²) in [6.45, 7) is 8.45. The van der Waals surface area contributed by atoms with Crippen LogP contribution in [0.25, 0.3) is 0 Å². The zero-order valence-corrected chi connectivity index (χ0v) is 16.4. The molecule has 0 bridgehead atoms. The molecule has 0 unspecified atom stereocenters. The lowest BCUT2D eigenvalue weighted by atomic mass is 10.1. The molecule has 0 aliphatic carbocycles. The van der Waals surface area contributed by atoms with E-state index in [9.17, 15) is 9.59 Å². The molecule has 0 radical (unpaired) electrons. The summed E-state index contributed by atoms with van der Waals surface area (Å²) in [4.78, 5) is 24.0. The van der Waals surface area contributed by atoms with E-state index in [4.69, 9.17) is 21.1 Å². The fourth-order valence-corrected chi connectivity index (χ4v) is 2.46. The van der Waals surface area contributed by atoms with Gasteiger partial charge in [0, 0.05) is 23.9 Å². The van der Waals surface area contributed by atoms with Gasteiger partial charge in [0.05, 0.1) is 0 Å². The predicted molar refractivity (Wildman–Crippen MR) is 100 cm³/mol. The van der Waals surface area contributed by atoms with Crippen LogP contribution in [0.3, 0.4) is 0 Å². The highest BCUT2D eigenvalue weighted by atomic mass is 35.5. The van der Waals surface area contributed by atoms with Crippen LogP contribution in [0.4, 0.5) is 0 Å². The Balaban J connectivity index is 2.62. The average Bonchev–Trinajstić information content (AvgIpc) is 2.49. The van der Waals surface area contributed by atoms with Crippen LogP contribution in [0.15, 0.2) is 18.2 Å². The van der Waals surface area contributed by atoms with Crippen molar-refractivity contribution in [1.29, 1.82) is 0 Å². The third-order valence-corrected chi connectivity index (χ3v) is 3.91. The largest absolute Gasteiger partial charge is 0.423 e. The maximum Gasteiger partial charge on any atom is 0.311 e. The van der Waals surface area contributed by atoms with Crippen LogP contribution in [0.1, 0.15) is 66.2 Å². The number of esters is 2. The minimum atomic E-state index is -0.347. The van der Waals surface area contributed by atoms with Gasteiger partial charge in [-0.3, -0.25) is 9.59 Å². The third-order valence-electron chi connectivity index (χ3n) is 3.68. The van der Waals surface area contributed by atoms with E-state index in [0.29, 0.717) is 29.7 Å². The van der Waals surface area contributed by atoms with Crippen LogP contribution in [-0.4, -0.2) is 11.9 Å². The molecule has 0 fully saturated rings. The quantitative estimate of drug-likeness (QED) is 0.386. The highest BCUT2D eigenvalue weighted by Gasteiger charge is 2.15. The van der Waals surface area contributed by atoms with E-state index in [1.165, 1.54) is 6.07 Å². The molecule has 4 nitrogen and oxygen atoms in total. The number of hydrogen-bond donors (Lipinski definition) is 0. The number of halogens is 1. The number of benzene rings is 1. The normalized spacial score (nSPS) is 11.0. The van der Waals surface area contributed by atoms with Gasteiger partial charge in [0.2, 0.25) is 0 Å². The van der Waals surface area contributed by atoms with Gasteiger partial charge >= 0.3 is 11.9 Å². The molecule has 1 aromatic carbocycles. The molecule has 5 heteroatoms. The molecule has 1 aromatic rings. The Hall–Kier alpha value is -1.55. The van der Waals surface area contributed by atoms with Crippen LogP contribution in [0.2, 0.25) is 5.02 Å². The van der Waals surface area contributed by atoms with E-state index in [2.05, 4.69) is 27.7 Å². The van der Waals surface area contributed by atoms with Gasteiger partial charge in [0.15, 0.2) is 11.5 Å². The van der Waals surface area contributed by atoms with Gasteiger partial charge in [0.1, 0.15) is 0 Å². The first-order chi connectivity index (χ1) is 11.8. The van der Waals surface area contributed by atoms with Crippen LogP contribution in [0.5, 0.6) is 11.5 Å². The first-order valence-electron chi connectivity index (χ1n) is 8.98. The van der Waals surface area contributed by atoms with E-state index in [1.54, 1.807) is 12.1 Å². The van der Waals surface area contributed by atoms with Gasteiger partial charge in [-0.15, -0.1) is 0 Å². The van der Waals surface area contributed by atoms with Gasteiger partial charge < -0.3 is 9.47 Å². The molecular weight excluding hydrogens is 340 g/mol. The number of carbonyl (C=O) groups excluding carboxylic acids is 2. The Kier molecular flexibility index (Phi) is 9.58. The average molecular weight is 369 g/mol. The molecule has 0 amide bonds. The Bertz CT molecular complexity index is 567. The lowest BCUT2D eigenvalue weighted by molar-refractivity contribution is -0.137. The molecule has 0 atom stereocenters. The third kappa shape index (κ3) is 9.49. The van der Waals surface area contributed by atoms with Gasteiger partial charge in [0.25, 0.3) is 0 Å². The minimum Gasteiger partial charge on any atom is -0.423 e. The number of rotatable bonds is 10. The Morgan fingerprint density at radius 2 is 1.36 bits per heavy atom. The molecule has 0 spiro atoms. The maximum absolute atomic E-state index is 12.0. The molecule has 0 aromatic heterocycles. The highest BCUT2D eigenvalue weighted by molar-refractivity contribution is 6.30. The fraction of sp³-hybridized carbons (Fsp3) is 0.600. The zero-order valence-electron chi connectivity index (χ0n) is 15.6. The van der Waals surface area contributed by atoms with Gasteiger partial charge in [-0.05, 0) is 36.8 Å². The molecule has 25 heavy (non-hydrogen) atoms. The molecule has 0 saturated carbocycles. The van der Waals surface area contributed by atoms with Crippen LogP contribution in [-0.2, 0) is 9.59 Å². The maximum atomic E-state index is 12.0. The smallest absolute Gasteiger partial charge is 0.311 e. The van der Waals surface area contributed by atoms with Crippen LogP contribution < -0.4 is 9.47 Å². The van der Waals surface area contributed by atoms with Crippen LogP contribution in [0, 0.1) is 11.8 Å². The van der Waals surface area contributed by atoms with Gasteiger partial charge in [-0.2, -0.15) is 0 Å².